The quantitative estimate of drug-likeness (QED) is 0.395. The molecule has 0 nitrogen and oxygen atoms in total. The van der Waals surface area contributed by atoms with Gasteiger partial charge in [-0.05, 0) is 30.8 Å². The lowest BCUT2D eigenvalue weighted by Crippen LogP contribution is -1.83. The monoisotopic (exact) mass is 172 g/mol. The Morgan fingerprint density at radius 1 is 1.18 bits per heavy atom. The molecule has 0 fully saturated rings. The second-order valence-electron chi connectivity index (χ2n) is 2.75. The van der Waals surface area contributed by atoms with E-state index in [1.165, 1.54) is 43.6 Å². The standard InChI is InChI=1S/C10H20S/c1-3-5-7-9-11-10-8-6-4-2/h3H,1,4-10H2,2H3. The van der Waals surface area contributed by atoms with Crippen molar-refractivity contribution in [3.8, 4) is 0 Å². The Morgan fingerprint density at radius 3 is 2.55 bits per heavy atom. The third-order valence-corrected chi connectivity index (χ3v) is 2.74. The average Bonchev–Trinajstić information content (AvgIpc) is 2.03. The number of unbranched alkanes of at least 4 members (excludes halogenated alkanes) is 3. The highest BCUT2D eigenvalue weighted by Gasteiger charge is 1.88. The molecule has 0 aromatic carbocycles. The molecule has 0 aliphatic heterocycles. The van der Waals surface area contributed by atoms with Gasteiger partial charge in [0.25, 0.3) is 0 Å². The van der Waals surface area contributed by atoms with Crippen LogP contribution in [-0.2, 0) is 0 Å². The van der Waals surface area contributed by atoms with Crippen LogP contribution in [0.2, 0.25) is 0 Å². The molecule has 0 aliphatic rings. The molecule has 0 saturated heterocycles. The van der Waals surface area contributed by atoms with Crippen LogP contribution in [0, 0.1) is 0 Å². The van der Waals surface area contributed by atoms with Gasteiger partial charge in [0.05, 0.1) is 0 Å². The molecule has 11 heavy (non-hydrogen) atoms. The van der Waals surface area contributed by atoms with E-state index in [4.69, 9.17) is 0 Å². The smallest absolute Gasteiger partial charge is 0.00646 e. The van der Waals surface area contributed by atoms with Crippen LogP contribution < -0.4 is 0 Å². The van der Waals surface area contributed by atoms with E-state index in [1.807, 2.05) is 6.08 Å². The van der Waals surface area contributed by atoms with Gasteiger partial charge in [-0.3, -0.25) is 0 Å². The van der Waals surface area contributed by atoms with Crippen molar-refractivity contribution in [2.75, 3.05) is 11.5 Å². The molecule has 0 aliphatic carbocycles. The van der Waals surface area contributed by atoms with Crippen LogP contribution >= 0.6 is 11.8 Å². The third kappa shape index (κ3) is 10.1. The summed E-state index contributed by atoms with van der Waals surface area (Å²) in [4.78, 5) is 0. The fraction of sp³-hybridized carbons (Fsp3) is 0.800. The first-order valence-corrected chi connectivity index (χ1v) is 5.76. The van der Waals surface area contributed by atoms with Crippen LogP contribution in [0.3, 0.4) is 0 Å². The van der Waals surface area contributed by atoms with Crippen LogP contribution in [0.5, 0.6) is 0 Å². The van der Waals surface area contributed by atoms with Crippen LogP contribution in [0.15, 0.2) is 12.7 Å². The van der Waals surface area contributed by atoms with E-state index in [0.717, 1.165) is 0 Å². The van der Waals surface area contributed by atoms with E-state index in [2.05, 4.69) is 25.3 Å². The molecule has 0 radical (unpaired) electrons. The highest BCUT2D eigenvalue weighted by molar-refractivity contribution is 7.99. The molecular weight excluding hydrogens is 152 g/mol. The molecule has 0 unspecified atom stereocenters. The van der Waals surface area contributed by atoms with Crippen molar-refractivity contribution in [3.63, 3.8) is 0 Å². The summed E-state index contributed by atoms with van der Waals surface area (Å²) in [6.07, 6.45) is 8.63. The zero-order valence-electron chi connectivity index (χ0n) is 7.64. The zero-order valence-corrected chi connectivity index (χ0v) is 8.46. The topological polar surface area (TPSA) is 0 Å². The van der Waals surface area contributed by atoms with Crippen LogP contribution in [0.25, 0.3) is 0 Å². The summed E-state index contributed by atoms with van der Waals surface area (Å²) in [5, 5.41) is 0. The van der Waals surface area contributed by atoms with Crippen LogP contribution in [0.1, 0.15) is 39.0 Å². The molecule has 1 heteroatoms. The predicted molar refractivity (Wildman–Crippen MR) is 56.3 cm³/mol. The predicted octanol–water partition coefficient (Wildman–Crippen LogP) is 3.88. The number of hydrogen-bond donors (Lipinski definition) is 0. The molecule has 0 saturated carbocycles. The van der Waals surface area contributed by atoms with Crippen molar-refractivity contribution in [2.24, 2.45) is 0 Å². The number of hydrogen-bond acceptors (Lipinski definition) is 1. The molecule has 0 spiro atoms. The Bertz CT molecular complexity index is 78.9. The van der Waals surface area contributed by atoms with Crippen molar-refractivity contribution in [3.05, 3.63) is 12.7 Å². The fourth-order valence-electron chi connectivity index (χ4n) is 0.886. The van der Waals surface area contributed by atoms with Gasteiger partial charge in [-0.1, -0.05) is 25.8 Å². The molecule has 0 aromatic rings. The minimum Gasteiger partial charge on any atom is -0.162 e. The lowest BCUT2D eigenvalue weighted by Gasteiger charge is -1.98. The first-order valence-electron chi connectivity index (χ1n) is 4.60. The zero-order chi connectivity index (χ0) is 8.36. The largest absolute Gasteiger partial charge is 0.162 e. The maximum atomic E-state index is 3.70. The Hall–Kier alpha value is 0.0900. The molecule has 66 valence electrons. The second kappa shape index (κ2) is 10.1. The number of rotatable bonds is 8. The van der Waals surface area contributed by atoms with Crippen molar-refractivity contribution in [1.82, 2.24) is 0 Å². The Labute approximate surface area is 75.5 Å². The highest BCUT2D eigenvalue weighted by Crippen LogP contribution is 2.08. The Kier molecular flexibility index (Phi) is 10.2. The lowest BCUT2D eigenvalue weighted by atomic mass is 10.3. The Balaban J connectivity index is 2.74. The van der Waals surface area contributed by atoms with E-state index in [1.54, 1.807) is 0 Å². The molecule has 0 amide bonds. The first kappa shape index (κ1) is 11.1. The first-order chi connectivity index (χ1) is 5.41. The third-order valence-electron chi connectivity index (χ3n) is 1.59. The van der Waals surface area contributed by atoms with Crippen LogP contribution in [0.4, 0.5) is 0 Å². The normalized spacial score (nSPS) is 9.91. The van der Waals surface area contributed by atoms with Gasteiger partial charge < -0.3 is 0 Å². The van der Waals surface area contributed by atoms with Gasteiger partial charge in [-0.2, -0.15) is 11.8 Å². The number of thioether (sulfide) groups is 1. The molecule has 0 rings (SSSR count). The summed E-state index contributed by atoms with van der Waals surface area (Å²) in [6, 6.07) is 0. The summed E-state index contributed by atoms with van der Waals surface area (Å²) < 4.78 is 0. The molecule has 0 heterocycles. The van der Waals surface area contributed by atoms with E-state index in [-0.39, 0.29) is 0 Å². The van der Waals surface area contributed by atoms with Gasteiger partial charge in [0.2, 0.25) is 0 Å². The molecule has 0 aromatic heterocycles. The molecular formula is C10H20S. The van der Waals surface area contributed by atoms with E-state index in [0.29, 0.717) is 0 Å². The van der Waals surface area contributed by atoms with E-state index in [9.17, 15) is 0 Å². The van der Waals surface area contributed by atoms with Gasteiger partial charge in [-0.25, -0.2) is 0 Å². The molecule has 0 atom stereocenters. The van der Waals surface area contributed by atoms with Crippen molar-refractivity contribution in [2.45, 2.75) is 39.0 Å². The van der Waals surface area contributed by atoms with E-state index >= 15 is 0 Å². The molecule has 0 N–H and O–H groups in total. The fourth-order valence-corrected chi connectivity index (χ4v) is 1.87. The summed E-state index contributed by atoms with van der Waals surface area (Å²) in [7, 11) is 0. The summed E-state index contributed by atoms with van der Waals surface area (Å²) in [5.74, 6) is 2.67. The number of allylic oxidation sites excluding steroid dienone is 1. The minimum atomic E-state index is 1.18. The highest BCUT2D eigenvalue weighted by atomic mass is 32.2. The van der Waals surface area contributed by atoms with Gasteiger partial charge in [0.1, 0.15) is 0 Å². The molecule has 0 bridgehead atoms. The van der Waals surface area contributed by atoms with E-state index < -0.39 is 0 Å². The van der Waals surface area contributed by atoms with Crippen LogP contribution in [-0.4, -0.2) is 11.5 Å². The van der Waals surface area contributed by atoms with Crippen molar-refractivity contribution < 1.29 is 0 Å². The lowest BCUT2D eigenvalue weighted by molar-refractivity contribution is 0.778. The SMILES string of the molecule is C=CCCCSCCCCC. The second-order valence-corrected chi connectivity index (χ2v) is 3.98. The summed E-state index contributed by atoms with van der Waals surface area (Å²) in [6.45, 7) is 5.95. The van der Waals surface area contributed by atoms with Gasteiger partial charge in [0.15, 0.2) is 0 Å². The maximum Gasteiger partial charge on any atom is -0.00646 e. The maximum absolute atomic E-state index is 3.70. The Morgan fingerprint density at radius 2 is 1.91 bits per heavy atom. The summed E-state index contributed by atoms with van der Waals surface area (Å²) in [5.41, 5.74) is 0. The minimum absolute atomic E-state index is 1.18. The van der Waals surface area contributed by atoms with Crippen molar-refractivity contribution in [1.29, 1.82) is 0 Å². The summed E-state index contributed by atoms with van der Waals surface area (Å²) >= 11 is 2.09. The average molecular weight is 172 g/mol. The van der Waals surface area contributed by atoms with Crippen molar-refractivity contribution >= 4 is 11.8 Å². The van der Waals surface area contributed by atoms with Gasteiger partial charge in [0, 0.05) is 0 Å². The van der Waals surface area contributed by atoms with Gasteiger partial charge >= 0.3 is 0 Å². The van der Waals surface area contributed by atoms with Gasteiger partial charge in [-0.15, -0.1) is 6.58 Å².